The number of hydrogen-bond donors (Lipinski definition) is 3. The number of aliphatic hydroxyl groups is 2. The quantitative estimate of drug-likeness (QED) is 0.0420. The minimum Gasteiger partial charge on any atom is -0.394 e. The van der Waals surface area contributed by atoms with E-state index in [9.17, 15) is 15.0 Å². The van der Waals surface area contributed by atoms with Gasteiger partial charge in [-0.3, -0.25) is 4.79 Å². The van der Waals surface area contributed by atoms with Crippen molar-refractivity contribution < 1.29 is 15.0 Å². The predicted octanol–water partition coefficient (Wildman–Crippen LogP) is 24.5. The van der Waals surface area contributed by atoms with E-state index in [1.807, 2.05) is 0 Å². The summed E-state index contributed by atoms with van der Waals surface area (Å²) in [6, 6.07) is -0.538. The molecule has 0 bridgehead atoms. The van der Waals surface area contributed by atoms with Crippen LogP contribution in [0, 0.1) is 0 Å². The smallest absolute Gasteiger partial charge is 0.220 e. The molecule has 3 N–H and O–H groups in total. The fraction of sp³-hybridized carbons (Fsp3) is 0.878. The Labute approximate surface area is 490 Å². The summed E-state index contributed by atoms with van der Waals surface area (Å²) in [5, 5.41) is 23.5. The minimum absolute atomic E-state index is 0.0235. The standard InChI is InChI=1S/C74H141NO3/c1-3-5-7-9-11-13-15-17-19-21-23-25-27-29-31-33-35-37-39-41-43-45-47-49-51-53-55-57-59-61-63-65-67-69-73(77)72(71-76)75-74(78)70-68-66-64-62-60-58-56-54-52-50-48-46-44-42-40-38-36-34-32-30-28-26-24-22-20-18-16-14-12-10-8-6-4-2/h6,8,12,14,18,20,24,26,72-73,76-77H,3-5,7,9-11,13,15-17,19,21-23,25,27-71H2,1-2H3,(H,75,78)/b8-6-,14-12-,20-18-,26-24-. The fourth-order valence-corrected chi connectivity index (χ4v) is 11.5. The van der Waals surface area contributed by atoms with E-state index in [1.54, 1.807) is 0 Å². The summed E-state index contributed by atoms with van der Waals surface area (Å²) in [7, 11) is 0. The van der Waals surface area contributed by atoms with Gasteiger partial charge in [-0.2, -0.15) is 0 Å². The SMILES string of the molecule is CC/C=C\C/C=C\C/C=C\C/C=C\CCCCCCCCCCCCCCCCCCCCCCC(=O)NC(CO)C(O)CCCCCCCCCCCCCCCCCCCCCCCCCCCCCCCCCCC. The van der Waals surface area contributed by atoms with Gasteiger partial charge in [0, 0.05) is 6.42 Å². The van der Waals surface area contributed by atoms with Gasteiger partial charge < -0.3 is 15.5 Å². The van der Waals surface area contributed by atoms with Gasteiger partial charge in [-0.25, -0.2) is 0 Å². The molecule has 1 amide bonds. The molecule has 4 heteroatoms. The Morgan fingerprint density at radius 2 is 0.564 bits per heavy atom. The zero-order valence-electron chi connectivity index (χ0n) is 53.2. The van der Waals surface area contributed by atoms with Gasteiger partial charge in [-0.1, -0.05) is 390 Å². The molecule has 0 saturated heterocycles. The molecule has 0 aliphatic heterocycles. The van der Waals surface area contributed by atoms with Crippen molar-refractivity contribution in [2.75, 3.05) is 6.61 Å². The first kappa shape index (κ1) is 76.3. The molecule has 0 spiro atoms. The Kier molecular flexibility index (Phi) is 68.1. The van der Waals surface area contributed by atoms with Gasteiger partial charge in [0.05, 0.1) is 18.8 Å². The highest BCUT2D eigenvalue weighted by molar-refractivity contribution is 5.76. The Bertz CT molecular complexity index is 1240. The number of nitrogens with one attached hydrogen (secondary N) is 1. The number of amides is 1. The minimum atomic E-state index is -0.661. The van der Waals surface area contributed by atoms with Gasteiger partial charge in [-0.05, 0) is 51.4 Å². The second kappa shape index (κ2) is 69.6. The molecule has 0 aromatic rings. The lowest BCUT2D eigenvalue weighted by atomic mass is 10.0. The van der Waals surface area contributed by atoms with Crippen LogP contribution in [-0.4, -0.2) is 34.9 Å². The lowest BCUT2D eigenvalue weighted by Crippen LogP contribution is -2.45. The Morgan fingerprint density at radius 3 is 0.846 bits per heavy atom. The van der Waals surface area contributed by atoms with E-state index in [4.69, 9.17) is 0 Å². The highest BCUT2D eigenvalue weighted by Crippen LogP contribution is 2.20. The third kappa shape index (κ3) is 65.2. The summed E-state index contributed by atoms with van der Waals surface area (Å²) in [5.74, 6) is -0.0235. The van der Waals surface area contributed by atoms with E-state index >= 15 is 0 Å². The van der Waals surface area contributed by atoms with Crippen LogP contribution in [0.2, 0.25) is 0 Å². The lowest BCUT2D eigenvalue weighted by Gasteiger charge is -2.22. The van der Waals surface area contributed by atoms with E-state index in [2.05, 4.69) is 67.8 Å². The van der Waals surface area contributed by atoms with Crippen molar-refractivity contribution in [2.45, 2.75) is 411 Å². The Hall–Kier alpha value is -1.65. The highest BCUT2D eigenvalue weighted by atomic mass is 16.3. The molecule has 0 rings (SSSR count). The van der Waals surface area contributed by atoms with Crippen molar-refractivity contribution in [3.05, 3.63) is 48.6 Å². The lowest BCUT2D eigenvalue weighted by molar-refractivity contribution is -0.123. The number of carbonyl (C=O) groups is 1. The third-order valence-electron chi connectivity index (χ3n) is 16.9. The number of hydrogen-bond acceptors (Lipinski definition) is 3. The Balaban J connectivity index is 3.38. The number of carbonyl (C=O) groups excluding carboxylic acids is 1. The van der Waals surface area contributed by atoms with Crippen molar-refractivity contribution in [1.82, 2.24) is 5.32 Å². The molecular formula is C74H141NO3. The van der Waals surface area contributed by atoms with Crippen LogP contribution in [-0.2, 0) is 4.79 Å². The van der Waals surface area contributed by atoms with Gasteiger partial charge in [0.2, 0.25) is 5.91 Å². The molecule has 0 aromatic heterocycles. The first-order chi connectivity index (χ1) is 38.7. The molecule has 0 aliphatic carbocycles. The maximum atomic E-state index is 12.6. The molecule has 2 unspecified atom stereocenters. The van der Waals surface area contributed by atoms with Crippen LogP contribution in [0.15, 0.2) is 48.6 Å². The second-order valence-corrected chi connectivity index (χ2v) is 24.6. The molecule has 0 heterocycles. The number of unbranched alkanes of at least 4 members (excludes halogenated alkanes) is 52. The fourth-order valence-electron chi connectivity index (χ4n) is 11.5. The molecule has 0 aliphatic rings. The number of allylic oxidation sites excluding steroid dienone is 8. The average molecular weight is 1090 g/mol. The van der Waals surface area contributed by atoms with E-state index in [1.165, 1.54) is 321 Å². The zero-order valence-corrected chi connectivity index (χ0v) is 53.2. The largest absolute Gasteiger partial charge is 0.394 e. The summed E-state index contributed by atoms with van der Waals surface area (Å²) >= 11 is 0. The van der Waals surface area contributed by atoms with Crippen LogP contribution in [0.25, 0.3) is 0 Å². The molecule has 4 nitrogen and oxygen atoms in total. The van der Waals surface area contributed by atoms with Crippen molar-refractivity contribution in [2.24, 2.45) is 0 Å². The number of rotatable bonds is 67. The maximum absolute atomic E-state index is 12.6. The summed E-state index contributed by atoms with van der Waals surface area (Å²) in [5.41, 5.74) is 0. The van der Waals surface area contributed by atoms with Gasteiger partial charge in [0.25, 0.3) is 0 Å². The molecule has 0 aromatic carbocycles. The number of aliphatic hydroxyl groups excluding tert-OH is 2. The Morgan fingerprint density at radius 1 is 0.321 bits per heavy atom. The van der Waals surface area contributed by atoms with Crippen LogP contribution in [0.4, 0.5) is 0 Å². The molecule has 0 fully saturated rings. The first-order valence-corrected chi connectivity index (χ1v) is 35.8. The van der Waals surface area contributed by atoms with Gasteiger partial charge in [-0.15, -0.1) is 0 Å². The third-order valence-corrected chi connectivity index (χ3v) is 16.9. The van der Waals surface area contributed by atoms with E-state index < -0.39 is 12.1 Å². The monoisotopic (exact) mass is 1090 g/mol. The molecule has 78 heavy (non-hydrogen) atoms. The maximum Gasteiger partial charge on any atom is 0.220 e. The first-order valence-electron chi connectivity index (χ1n) is 35.8. The van der Waals surface area contributed by atoms with E-state index in [0.29, 0.717) is 12.8 Å². The molecule has 2 atom stereocenters. The molecule has 460 valence electrons. The summed E-state index contributed by atoms with van der Waals surface area (Å²) < 4.78 is 0. The van der Waals surface area contributed by atoms with Crippen molar-refractivity contribution >= 4 is 5.91 Å². The van der Waals surface area contributed by atoms with Crippen LogP contribution in [0.5, 0.6) is 0 Å². The molecule has 0 radical (unpaired) electrons. The van der Waals surface area contributed by atoms with Crippen molar-refractivity contribution in [1.29, 1.82) is 0 Å². The van der Waals surface area contributed by atoms with Gasteiger partial charge in [0.15, 0.2) is 0 Å². The topological polar surface area (TPSA) is 69.6 Å². The summed E-state index contributed by atoms with van der Waals surface area (Å²) in [6.45, 7) is 4.29. The zero-order chi connectivity index (χ0) is 56.2. The van der Waals surface area contributed by atoms with Crippen molar-refractivity contribution in [3.63, 3.8) is 0 Å². The summed E-state index contributed by atoms with van der Waals surface area (Å²) in [4.78, 5) is 12.6. The normalized spacial score (nSPS) is 12.9. The van der Waals surface area contributed by atoms with Crippen LogP contribution < -0.4 is 5.32 Å². The van der Waals surface area contributed by atoms with Crippen molar-refractivity contribution in [3.8, 4) is 0 Å². The second-order valence-electron chi connectivity index (χ2n) is 24.6. The highest BCUT2D eigenvalue weighted by Gasteiger charge is 2.20. The predicted molar refractivity (Wildman–Crippen MR) is 350 cm³/mol. The molecule has 0 saturated carbocycles. The van der Waals surface area contributed by atoms with Crippen LogP contribution >= 0.6 is 0 Å². The molecular weight excluding hydrogens is 951 g/mol. The average Bonchev–Trinajstić information content (AvgIpc) is 3.44. The van der Waals surface area contributed by atoms with E-state index in [0.717, 1.165) is 51.4 Å². The van der Waals surface area contributed by atoms with Gasteiger partial charge >= 0.3 is 0 Å². The van der Waals surface area contributed by atoms with Crippen LogP contribution in [0.1, 0.15) is 399 Å². The summed E-state index contributed by atoms with van der Waals surface area (Å²) in [6.07, 6.45) is 97.5. The van der Waals surface area contributed by atoms with Gasteiger partial charge in [0.1, 0.15) is 0 Å². The van der Waals surface area contributed by atoms with Crippen LogP contribution in [0.3, 0.4) is 0 Å². The van der Waals surface area contributed by atoms with E-state index in [-0.39, 0.29) is 12.5 Å².